The highest BCUT2D eigenvalue weighted by atomic mass is 127. The fraction of sp³-hybridized carbons (Fsp3) is 0.227. The van der Waals surface area contributed by atoms with Crippen molar-refractivity contribution in [1.29, 1.82) is 5.26 Å². The van der Waals surface area contributed by atoms with Crippen molar-refractivity contribution in [3.05, 3.63) is 65.1 Å². The van der Waals surface area contributed by atoms with E-state index in [1.54, 1.807) is 12.1 Å². The average Bonchev–Trinajstić information content (AvgIpc) is 3.00. The number of hydrogen-bond donors (Lipinski definition) is 0. The van der Waals surface area contributed by atoms with Gasteiger partial charge in [-0.3, -0.25) is 14.5 Å². The zero-order valence-corrected chi connectivity index (χ0v) is 21.4. The lowest BCUT2D eigenvalue weighted by Crippen LogP contribution is -2.36. The van der Waals surface area contributed by atoms with Crippen molar-refractivity contribution in [1.82, 2.24) is 4.90 Å². The molecule has 0 spiro atoms. The average molecular weight is 644 g/mol. The third-order valence-electron chi connectivity index (χ3n) is 4.69. The second kappa shape index (κ2) is 10.2. The minimum absolute atomic E-state index is 0.141. The second-order valence-electron chi connectivity index (χ2n) is 6.67. The maximum Gasteiger partial charge on any atom is 0.293 e. The number of amides is 2. The number of nitriles is 1. The van der Waals surface area contributed by atoms with Crippen LogP contribution in [0.25, 0.3) is 6.08 Å². The first kappa shape index (κ1) is 23.1. The number of nitrogens with zero attached hydrogens (tertiary/aromatic N) is 2. The van der Waals surface area contributed by atoms with Gasteiger partial charge in [-0.15, -0.1) is 0 Å². The molecule has 1 saturated heterocycles. The van der Waals surface area contributed by atoms with Crippen molar-refractivity contribution in [3.63, 3.8) is 0 Å². The van der Waals surface area contributed by atoms with Gasteiger partial charge in [0.2, 0.25) is 0 Å². The molecule has 0 aliphatic carbocycles. The first-order valence-corrected chi connectivity index (χ1v) is 12.2. The van der Waals surface area contributed by atoms with E-state index in [9.17, 15) is 14.9 Å². The zero-order valence-electron chi connectivity index (χ0n) is 16.3. The third kappa shape index (κ3) is 5.00. The van der Waals surface area contributed by atoms with E-state index in [1.165, 1.54) is 4.90 Å². The molecule has 1 aliphatic heterocycles. The summed E-state index contributed by atoms with van der Waals surface area (Å²) in [5.74, 6) is 0.355. The molecule has 0 radical (unpaired) electrons. The van der Waals surface area contributed by atoms with Crippen LogP contribution in [0.1, 0.15) is 37.0 Å². The van der Waals surface area contributed by atoms with Gasteiger partial charge in [-0.2, -0.15) is 5.26 Å². The Labute approximate surface area is 207 Å². The molecule has 0 N–H and O–H groups in total. The fourth-order valence-corrected chi connectivity index (χ4v) is 5.89. The molecule has 0 bridgehead atoms. The molecule has 30 heavy (non-hydrogen) atoms. The Hall–Kier alpha value is -1.58. The van der Waals surface area contributed by atoms with Crippen LogP contribution in [-0.2, 0) is 11.4 Å². The van der Waals surface area contributed by atoms with Crippen LogP contribution in [0.2, 0.25) is 0 Å². The molecule has 154 valence electrons. The standard InChI is InChI=1S/C22H18I2N2O3S/c1-3-13(2)26-21(27)19(30-22(26)28)9-16-8-17(23)10-18(24)20(16)29-12-15-7-5-4-6-14(15)11-25/h4-10,13H,3,12H2,1-2H3/b19-9+/t13-/m0/s1. The summed E-state index contributed by atoms with van der Waals surface area (Å²) in [6.45, 7) is 4.05. The number of benzene rings is 2. The Morgan fingerprint density at radius 3 is 2.70 bits per heavy atom. The van der Waals surface area contributed by atoms with Crippen molar-refractivity contribution in [2.45, 2.75) is 32.9 Å². The van der Waals surface area contributed by atoms with Gasteiger partial charge in [0, 0.05) is 20.7 Å². The van der Waals surface area contributed by atoms with Crippen molar-refractivity contribution >= 4 is 74.2 Å². The molecule has 1 aliphatic rings. The summed E-state index contributed by atoms with van der Waals surface area (Å²) in [4.78, 5) is 26.9. The van der Waals surface area contributed by atoms with Gasteiger partial charge < -0.3 is 4.74 Å². The summed E-state index contributed by atoms with van der Waals surface area (Å²) in [6.07, 6.45) is 2.43. The summed E-state index contributed by atoms with van der Waals surface area (Å²) in [6, 6.07) is 13.2. The minimum atomic E-state index is -0.269. The predicted octanol–water partition coefficient (Wildman–Crippen LogP) is 6.18. The molecular formula is C22H18I2N2O3S. The van der Waals surface area contributed by atoms with Crippen LogP contribution in [0.15, 0.2) is 41.3 Å². The van der Waals surface area contributed by atoms with E-state index in [1.807, 2.05) is 44.2 Å². The fourth-order valence-electron chi connectivity index (χ4n) is 2.93. The van der Waals surface area contributed by atoms with Crippen LogP contribution < -0.4 is 4.74 Å². The summed E-state index contributed by atoms with van der Waals surface area (Å²) < 4.78 is 7.98. The minimum Gasteiger partial charge on any atom is -0.487 e. The monoisotopic (exact) mass is 644 g/mol. The molecule has 0 saturated carbocycles. The molecule has 8 heteroatoms. The molecule has 5 nitrogen and oxygen atoms in total. The van der Waals surface area contributed by atoms with Gasteiger partial charge in [-0.1, -0.05) is 25.1 Å². The number of imide groups is 1. The van der Waals surface area contributed by atoms with Crippen LogP contribution >= 0.6 is 56.9 Å². The van der Waals surface area contributed by atoms with Crippen LogP contribution in [-0.4, -0.2) is 22.1 Å². The van der Waals surface area contributed by atoms with Gasteiger partial charge in [0.1, 0.15) is 12.4 Å². The summed E-state index contributed by atoms with van der Waals surface area (Å²) >= 11 is 5.37. The lowest BCUT2D eigenvalue weighted by atomic mass is 10.1. The topological polar surface area (TPSA) is 70.4 Å². The quantitative estimate of drug-likeness (QED) is 0.278. The van der Waals surface area contributed by atoms with Gasteiger partial charge in [0.25, 0.3) is 11.1 Å². The molecule has 2 aromatic rings. The van der Waals surface area contributed by atoms with Crippen LogP contribution in [0, 0.1) is 18.5 Å². The maximum atomic E-state index is 12.8. The number of carbonyl (C=O) groups is 2. The van der Waals surface area contributed by atoms with Gasteiger partial charge in [0.15, 0.2) is 0 Å². The smallest absolute Gasteiger partial charge is 0.293 e. The SMILES string of the molecule is CC[C@H](C)N1C(=O)S/C(=C/c2cc(I)cc(I)c2OCc2ccccc2C#N)C1=O. The van der Waals surface area contributed by atoms with Crippen molar-refractivity contribution in [2.75, 3.05) is 0 Å². The number of halogens is 2. The summed E-state index contributed by atoms with van der Waals surface area (Å²) in [7, 11) is 0. The molecule has 2 amide bonds. The highest BCUT2D eigenvalue weighted by molar-refractivity contribution is 14.1. The molecule has 3 rings (SSSR count). The maximum absolute atomic E-state index is 12.8. The Balaban J connectivity index is 1.94. The van der Waals surface area contributed by atoms with Gasteiger partial charge >= 0.3 is 0 Å². The van der Waals surface area contributed by atoms with Crippen molar-refractivity contribution in [3.8, 4) is 11.8 Å². The lowest BCUT2D eigenvalue weighted by Gasteiger charge is -2.19. The molecule has 1 fully saturated rings. The highest BCUT2D eigenvalue weighted by Gasteiger charge is 2.37. The first-order valence-electron chi connectivity index (χ1n) is 9.22. The number of hydrogen-bond acceptors (Lipinski definition) is 5. The van der Waals surface area contributed by atoms with Crippen LogP contribution in [0.4, 0.5) is 4.79 Å². The molecule has 0 aromatic heterocycles. The Bertz CT molecular complexity index is 1080. The molecule has 0 unspecified atom stereocenters. The predicted molar refractivity (Wildman–Crippen MR) is 135 cm³/mol. The van der Waals surface area contributed by atoms with E-state index in [2.05, 4.69) is 51.3 Å². The largest absolute Gasteiger partial charge is 0.487 e. The van der Waals surface area contributed by atoms with Crippen molar-refractivity contribution < 1.29 is 14.3 Å². The first-order chi connectivity index (χ1) is 14.3. The highest BCUT2D eigenvalue weighted by Crippen LogP contribution is 2.37. The number of carbonyl (C=O) groups excluding carboxylic acids is 2. The Kier molecular flexibility index (Phi) is 7.81. The normalized spacial score (nSPS) is 16.1. The summed E-state index contributed by atoms with van der Waals surface area (Å²) in [5.41, 5.74) is 2.09. The van der Waals surface area contributed by atoms with E-state index >= 15 is 0 Å². The number of rotatable bonds is 6. The van der Waals surface area contributed by atoms with E-state index in [0.29, 0.717) is 22.6 Å². The third-order valence-corrected chi connectivity index (χ3v) is 7.00. The lowest BCUT2D eigenvalue weighted by molar-refractivity contribution is -0.124. The number of ether oxygens (including phenoxy) is 1. The van der Waals surface area contributed by atoms with E-state index in [-0.39, 0.29) is 23.8 Å². The molecular weight excluding hydrogens is 626 g/mol. The van der Waals surface area contributed by atoms with Gasteiger partial charge in [-0.25, -0.2) is 0 Å². The molecule has 2 aromatic carbocycles. The molecule has 1 heterocycles. The Morgan fingerprint density at radius 1 is 1.27 bits per heavy atom. The number of thioether (sulfide) groups is 1. The van der Waals surface area contributed by atoms with Crippen LogP contribution in [0.5, 0.6) is 5.75 Å². The van der Waals surface area contributed by atoms with Gasteiger partial charge in [0.05, 0.1) is 20.1 Å². The Morgan fingerprint density at radius 2 is 2.00 bits per heavy atom. The van der Waals surface area contributed by atoms with Crippen molar-refractivity contribution in [2.24, 2.45) is 0 Å². The van der Waals surface area contributed by atoms with Gasteiger partial charge in [-0.05, 0) is 94.6 Å². The molecule has 1 atom stereocenters. The van der Waals surface area contributed by atoms with E-state index in [0.717, 1.165) is 30.0 Å². The van der Waals surface area contributed by atoms with E-state index < -0.39 is 0 Å². The second-order valence-corrected chi connectivity index (χ2v) is 10.1. The van der Waals surface area contributed by atoms with Crippen LogP contribution in [0.3, 0.4) is 0 Å². The summed E-state index contributed by atoms with van der Waals surface area (Å²) in [5, 5.41) is 9.06. The van der Waals surface area contributed by atoms with E-state index in [4.69, 9.17) is 4.74 Å². The zero-order chi connectivity index (χ0) is 21.8.